The van der Waals surface area contributed by atoms with Gasteiger partial charge in [-0.2, -0.15) is 13.2 Å². The van der Waals surface area contributed by atoms with E-state index in [0.717, 1.165) is 0 Å². The van der Waals surface area contributed by atoms with Crippen molar-refractivity contribution in [1.29, 1.82) is 0 Å². The van der Waals surface area contributed by atoms with E-state index in [0.29, 0.717) is 5.56 Å². The number of alkyl halides is 3. The van der Waals surface area contributed by atoms with Crippen LogP contribution in [0.5, 0.6) is 0 Å². The van der Waals surface area contributed by atoms with Crippen LogP contribution in [0.3, 0.4) is 0 Å². The van der Waals surface area contributed by atoms with E-state index in [1.165, 1.54) is 0 Å². The number of carboxylic acid groups (broad SMARTS) is 1. The molecule has 0 aliphatic rings. The van der Waals surface area contributed by atoms with E-state index in [2.05, 4.69) is 0 Å². The zero-order valence-corrected chi connectivity index (χ0v) is 12.1. The second-order valence-corrected chi connectivity index (χ2v) is 5.37. The highest BCUT2D eigenvalue weighted by molar-refractivity contribution is 8.00. The largest absolute Gasteiger partial charge is 0.481 e. The number of thioether (sulfide) groups is 1. The summed E-state index contributed by atoms with van der Waals surface area (Å²) in [4.78, 5) is 21.7. The number of halogens is 3. The molecule has 1 unspecified atom stereocenters. The van der Waals surface area contributed by atoms with Gasteiger partial charge in [-0.1, -0.05) is 30.3 Å². The molecule has 1 atom stereocenters. The Hall–Kier alpha value is -1.90. The number of hydrogen-bond donors (Lipinski definition) is 2. The van der Waals surface area contributed by atoms with Crippen LogP contribution in [0.1, 0.15) is 5.56 Å². The molecule has 0 saturated carbocycles. The van der Waals surface area contributed by atoms with Gasteiger partial charge in [0.15, 0.2) is 0 Å². The van der Waals surface area contributed by atoms with E-state index in [-0.39, 0.29) is 18.4 Å². The van der Waals surface area contributed by atoms with Crippen LogP contribution in [0.15, 0.2) is 30.3 Å². The van der Waals surface area contributed by atoms with Crippen molar-refractivity contribution in [2.75, 3.05) is 12.3 Å². The Morgan fingerprint density at radius 2 is 1.91 bits per heavy atom. The summed E-state index contributed by atoms with van der Waals surface area (Å²) in [7, 11) is 0. The second kappa shape index (κ2) is 8.52. The van der Waals surface area contributed by atoms with E-state index in [4.69, 9.17) is 9.84 Å². The first-order valence-electron chi connectivity index (χ1n) is 6.13. The summed E-state index contributed by atoms with van der Waals surface area (Å²) in [5.74, 6) is -2.06. The molecule has 1 aromatic rings. The fourth-order valence-electron chi connectivity index (χ4n) is 1.39. The minimum absolute atomic E-state index is 0.0639. The smallest absolute Gasteiger partial charge is 0.407 e. The molecular weight excluding hydrogens is 323 g/mol. The molecule has 0 bridgehead atoms. The molecule has 0 radical (unpaired) electrons. The van der Waals surface area contributed by atoms with Crippen LogP contribution in [-0.4, -0.2) is 40.9 Å². The van der Waals surface area contributed by atoms with Gasteiger partial charge < -0.3 is 15.2 Å². The molecule has 0 fully saturated rings. The molecule has 1 aromatic carbocycles. The van der Waals surface area contributed by atoms with Crippen molar-refractivity contribution >= 4 is 23.8 Å². The molecule has 1 amide bonds. The number of carbonyl (C=O) groups excluding carboxylic acids is 1. The summed E-state index contributed by atoms with van der Waals surface area (Å²) >= 11 is 0.198. The maximum absolute atomic E-state index is 12.7. The lowest BCUT2D eigenvalue weighted by Crippen LogP contribution is -2.39. The lowest BCUT2D eigenvalue weighted by atomic mass is 10.2. The van der Waals surface area contributed by atoms with Crippen molar-refractivity contribution in [3.05, 3.63) is 35.9 Å². The normalized spacial score (nSPS) is 12.5. The summed E-state index contributed by atoms with van der Waals surface area (Å²) in [6.45, 7) is -0.819. The Morgan fingerprint density at radius 1 is 1.27 bits per heavy atom. The molecule has 0 saturated heterocycles. The number of benzene rings is 1. The number of carboxylic acids is 1. The number of hydrogen-bond acceptors (Lipinski definition) is 4. The first kappa shape index (κ1) is 18.1. The zero-order valence-electron chi connectivity index (χ0n) is 11.3. The number of carbonyl (C=O) groups is 2. The molecule has 9 heteroatoms. The molecule has 2 N–H and O–H groups in total. The van der Waals surface area contributed by atoms with Gasteiger partial charge in [-0.05, 0) is 5.56 Å². The monoisotopic (exact) mass is 337 g/mol. The topological polar surface area (TPSA) is 75.6 Å². The highest BCUT2D eigenvalue weighted by Crippen LogP contribution is 2.29. The minimum atomic E-state index is -4.62. The van der Waals surface area contributed by atoms with Gasteiger partial charge >= 0.3 is 18.2 Å². The molecule has 0 aromatic heterocycles. The lowest BCUT2D eigenvalue weighted by molar-refractivity contribution is -0.134. The van der Waals surface area contributed by atoms with Gasteiger partial charge in [-0.3, -0.25) is 4.79 Å². The molecule has 22 heavy (non-hydrogen) atoms. The number of ether oxygens (including phenoxy) is 1. The maximum atomic E-state index is 12.7. The first-order chi connectivity index (χ1) is 10.3. The molecule has 122 valence electrons. The molecule has 0 spiro atoms. The average molecular weight is 337 g/mol. The fraction of sp³-hybridized carbons (Fsp3) is 0.385. The maximum Gasteiger partial charge on any atom is 0.407 e. The molecule has 0 heterocycles. The highest BCUT2D eigenvalue weighted by Gasteiger charge is 2.40. The third-order valence-electron chi connectivity index (χ3n) is 2.42. The summed E-state index contributed by atoms with van der Waals surface area (Å²) in [5.41, 5.74) is 0.699. The number of alkyl carbamates (subject to hydrolysis) is 1. The van der Waals surface area contributed by atoms with E-state index < -0.39 is 35.8 Å². The number of amides is 1. The van der Waals surface area contributed by atoms with Gasteiger partial charge in [0.25, 0.3) is 0 Å². The van der Waals surface area contributed by atoms with E-state index >= 15 is 0 Å². The van der Waals surface area contributed by atoms with Crippen LogP contribution in [0, 0.1) is 0 Å². The van der Waals surface area contributed by atoms with Gasteiger partial charge in [0.2, 0.25) is 0 Å². The van der Waals surface area contributed by atoms with E-state index in [1.54, 1.807) is 30.3 Å². The lowest BCUT2D eigenvalue weighted by Gasteiger charge is -2.19. The van der Waals surface area contributed by atoms with Crippen molar-refractivity contribution in [3.8, 4) is 0 Å². The Kier molecular flexibility index (Phi) is 7.03. The highest BCUT2D eigenvalue weighted by atomic mass is 32.2. The zero-order chi connectivity index (χ0) is 16.6. The number of nitrogens with one attached hydrogen (secondary N) is 1. The first-order valence-corrected chi connectivity index (χ1v) is 7.18. The third-order valence-corrected chi connectivity index (χ3v) is 3.67. The van der Waals surface area contributed by atoms with Gasteiger partial charge in [-0.25, -0.2) is 4.79 Å². The van der Waals surface area contributed by atoms with Crippen LogP contribution in [0.4, 0.5) is 18.0 Å². The van der Waals surface area contributed by atoms with Crippen LogP contribution >= 0.6 is 11.8 Å². The molecule has 0 aliphatic heterocycles. The molecule has 5 nitrogen and oxygen atoms in total. The summed E-state index contributed by atoms with van der Waals surface area (Å²) < 4.78 is 42.8. The Bertz CT molecular complexity index is 496. The van der Waals surface area contributed by atoms with Crippen molar-refractivity contribution in [2.24, 2.45) is 0 Å². The molecular formula is C13H14F3NO4S. The summed E-state index contributed by atoms with van der Waals surface area (Å²) in [6, 6.07) is 8.65. The summed E-state index contributed by atoms with van der Waals surface area (Å²) in [5, 5.41) is 8.40. The number of rotatable bonds is 7. The summed E-state index contributed by atoms with van der Waals surface area (Å²) in [6.07, 6.45) is -5.61. The molecule has 0 aliphatic carbocycles. The number of aliphatic carboxylic acids is 1. The third kappa shape index (κ3) is 7.21. The van der Waals surface area contributed by atoms with Crippen LogP contribution in [0.25, 0.3) is 0 Å². The quantitative estimate of drug-likeness (QED) is 0.800. The van der Waals surface area contributed by atoms with Crippen molar-refractivity contribution in [2.45, 2.75) is 18.0 Å². The fourth-order valence-corrected chi connectivity index (χ4v) is 2.13. The van der Waals surface area contributed by atoms with Crippen molar-refractivity contribution in [1.82, 2.24) is 5.32 Å². The van der Waals surface area contributed by atoms with Crippen LogP contribution < -0.4 is 5.32 Å². The van der Waals surface area contributed by atoms with Crippen molar-refractivity contribution in [3.63, 3.8) is 0 Å². The van der Waals surface area contributed by atoms with Gasteiger partial charge in [-0.15, -0.1) is 11.8 Å². The Labute approximate surface area is 128 Å². The van der Waals surface area contributed by atoms with Crippen LogP contribution in [-0.2, 0) is 16.1 Å². The average Bonchev–Trinajstić information content (AvgIpc) is 2.44. The van der Waals surface area contributed by atoms with Crippen molar-refractivity contribution < 1.29 is 32.6 Å². The van der Waals surface area contributed by atoms with Gasteiger partial charge in [0.05, 0.1) is 5.75 Å². The van der Waals surface area contributed by atoms with E-state index in [9.17, 15) is 22.8 Å². The standard InChI is InChI=1S/C13H14F3NO4S/c14-13(15,16)10(22-8-11(18)19)6-17-12(20)21-7-9-4-2-1-3-5-9/h1-5,10H,6-8H2,(H,17,20)(H,18,19). The van der Waals surface area contributed by atoms with Gasteiger partial charge in [0.1, 0.15) is 11.9 Å². The minimum Gasteiger partial charge on any atom is -0.481 e. The van der Waals surface area contributed by atoms with Crippen LogP contribution in [0.2, 0.25) is 0 Å². The predicted octanol–water partition coefficient (Wildman–Crippen LogP) is 2.66. The van der Waals surface area contributed by atoms with Gasteiger partial charge in [0, 0.05) is 6.54 Å². The SMILES string of the molecule is O=C(O)CSC(CNC(=O)OCc1ccccc1)C(F)(F)F. The Morgan fingerprint density at radius 3 is 2.45 bits per heavy atom. The predicted molar refractivity (Wildman–Crippen MR) is 74.6 cm³/mol. The van der Waals surface area contributed by atoms with E-state index in [1.807, 2.05) is 5.32 Å². The molecule has 1 rings (SSSR count). The Balaban J connectivity index is 2.40. The second-order valence-electron chi connectivity index (χ2n) is 4.18.